The van der Waals surface area contributed by atoms with E-state index in [1.165, 1.54) is 44.3 Å². The third-order valence-electron chi connectivity index (χ3n) is 5.90. The number of hydrogen-bond acceptors (Lipinski definition) is 4. The van der Waals surface area contributed by atoms with E-state index in [2.05, 4.69) is 10.3 Å². The van der Waals surface area contributed by atoms with E-state index >= 15 is 0 Å². The number of halogens is 4. The zero-order valence-corrected chi connectivity index (χ0v) is 16.6. The van der Waals surface area contributed by atoms with Crippen molar-refractivity contribution >= 4 is 16.5 Å². The van der Waals surface area contributed by atoms with Crippen molar-refractivity contribution < 1.29 is 27.8 Å². The number of H-pyrrole nitrogens is 1. The van der Waals surface area contributed by atoms with Crippen molar-refractivity contribution in [3.05, 3.63) is 69.9 Å². The Morgan fingerprint density at radius 1 is 1.16 bits per heavy atom. The molecule has 0 saturated heterocycles. The average Bonchev–Trinajstić information content (AvgIpc) is 2.63. The van der Waals surface area contributed by atoms with Crippen LogP contribution in [0.5, 0.6) is 5.75 Å². The second kappa shape index (κ2) is 6.71. The molecule has 0 amide bonds. The van der Waals surface area contributed by atoms with Gasteiger partial charge in [0.25, 0.3) is 5.56 Å². The van der Waals surface area contributed by atoms with Crippen LogP contribution in [0.3, 0.4) is 0 Å². The van der Waals surface area contributed by atoms with Crippen LogP contribution in [0, 0.1) is 5.82 Å². The van der Waals surface area contributed by atoms with Crippen LogP contribution >= 0.6 is 0 Å². The first-order valence-electron chi connectivity index (χ1n) is 9.54. The highest BCUT2D eigenvalue weighted by molar-refractivity contribution is 5.93. The van der Waals surface area contributed by atoms with E-state index in [4.69, 9.17) is 0 Å². The summed E-state index contributed by atoms with van der Waals surface area (Å²) in [5, 5.41) is 24.6. The highest BCUT2D eigenvalue weighted by atomic mass is 19.4. The number of aromatic amines is 1. The number of rotatable bonds is 2. The van der Waals surface area contributed by atoms with E-state index in [-0.39, 0.29) is 22.2 Å². The zero-order chi connectivity index (χ0) is 22.8. The molecule has 0 fully saturated rings. The van der Waals surface area contributed by atoms with Gasteiger partial charge in [-0.05, 0) is 41.7 Å². The minimum Gasteiger partial charge on any atom is -0.508 e. The van der Waals surface area contributed by atoms with Crippen LogP contribution in [0.15, 0.2) is 47.4 Å². The first-order valence-corrected chi connectivity index (χ1v) is 9.54. The van der Waals surface area contributed by atoms with Gasteiger partial charge in [-0.1, -0.05) is 19.9 Å². The van der Waals surface area contributed by atoms with E-state index < -0.39 is 46.8 Å². The van der Waals surface area contributed by atoms with Gasteiger partial charge in [-0.25, -0.2) is 4.39 Å². The summed E-state index contributed by atoms with van der Waals surface area (Å²) in [7, 11) is 0. The van der Waals surface area contributed by atoms with Crippen LogP contribution in [0.1, 0.15) is 37.4 Å². The maximum Gasteiger partial charge on any atom is 0.419 e. The summed E-state index contributed by atoms with van der Waals surface area (Å²) in [5.74, 6) is -1.41. The Bertz CT molecular complexity index is 1240. The minimum atomic E-state index is -5.07. The molecule has 1 aromatic heterocycles. The topological polar surface area (TPSA) is 85.4 Å². The molecule has 1 aliphatic carbocycles. The second-order valence-electron chi connectivity index (χ2n) is 8.52. The molecule has 1 heterocycles. The first kappa shape index (κ1) is 21.2. The number of phenols is 1. The molecule has 0 radical (unpaired) electrons. The largest absolute Gasteiger partial charge is 0.508 e. The van der Waals surface area contributed by atoms with Crippen molar-refractivity contribution in [2.75, 3.05) is 5.32 Å². The fourth-order valence-corrected chi connectivity index (χ4v) is 4.66. The molecule has 0 saturated carbocycles. The molecule has 0 spiro atoms. The van der Waals surface area contributed by atoms with E-state index in [1.54, 1.807) is 0 Å². The number of alkyl halides is 3. The van der Waals surface area contributed by atoms with Crippen molar-refractivity contribution in [2.45, 2.75) is 43.5 Å². The smallest absolute Gasteiger partial charge is 0.419 e. The monoisotopic (exact) mass is 436 g/mol. The van der Waals surface area contributed by atoms with Gasteiger partial charge < -0.3 is 20.5 Å². The summed E-state index contributed by atoms with van der Waals surface area (Å²) in [6.45, 7) is 2.90. The van der Waals surface area contributed by atoms with Crippen molar-refractivity contribution in [3.63, 3.8) is 0 Å². The Labute approximate surface area is 174 Å². The van der Waals surface area contributed by atoms with Crippen molar-refractivity contribution in [2.24, 2.45) is 0 Å². The van der Waals surface area contributed by atoms with Gasteiger partial charge in [-0.15, -0.1) is 0 Å². The van der Waals surface area contributed by atoms with Crippen LogP contribution in [-0.2, 0) is 5.41 Å². The van der Waals surface area contributed by atoms with Crippen LogP contribution < -0.4 is 10.9 Å². The number of benzene rings is 2. The van der Waals surface area contributed by atoms with Crippen LogP contribution in [0.4, 0.5) is 23.2 Å². The Morgan fingerprint density at radius 3 is 2.55 bits per heavy atom. The molecule has 0 bridgehead atoms. The molecule has 5 nitrogen and oxygen atoms in total. The predicted molar refractivity (Wildman–Crippen MR) is 108 cm³/mol. The molecule has 0 aliphatic heterocycles. The Kier molecular flexibility index (Phi) is 4.59. The maximum atomic E-state index is 14.2. The van der Waals surface area contributed by atoms with Crippen LogP contribution in [0.2, 0.25) is 0 Å². The molecule has 4 N–H and O–H groups in total. The van der Waals surface area contributed by atoms with Gasteiger partial charge in [0.2, 0.25) is 0 Å². The number of aromatic hydroxyl groups is 1. The number of aromatic nitrogens is 1. The zero-order valence-electron chi connectivity index (χ0n) is 16.6. The van der Waals surface area contributed by atoms with Crippen molar-refractivity contribution in [3.8, 4) is 5.75 Å². The molecule has 3 aromatic rings. The van der Waals surface area contributed by atoms with E-state index in [0.717, 1.165) is 12.1 Å². The number of pyridine rings is 1. The number of aliphatic hydroxyl groups is 1. The van der Waals surface area contributed by atoms with Gasteiger partial charge in [0.15, 0.2) is 5.60 Å². The molecule has 1 aliphatic rings. The van der Waals surface area contributed by atoms with Crippen molar-refractivity contribution in [1.82, 2.24) is 4.98 Å². The SMILES string of the molecule is CC1(C)CC(O)(C(F)(F)F)C(Nc2cccc3c(=O)[nH]ccc23)c2cc(F)cc(O)c21. The summed E-state index contributed by atoms with van der Waals surface area (Å²) in [5.41, 5.74) is -4.92. The van der Waals surface area contributed by atoms with Gasteiger partial charge in [0.05, 0.1) is 6.04 Å². The molecule has 31 heavy (non-hydrogen) atoms. The lowest BCUT2D eigenvalue weighted by Crippen LogP contribution is -2.58. The molecule has 164 valence electrons. The lowest BCUT2D eigenvalue weighted by Gasteiger charge is -2.49. The van der Waals surface area contributed by atoms with Gasteiger partial charge in [-0.2, -0.15) is 13.2 Å². The standard InChI is InChI=1S/C22H20F4N2O3/c1-20(2)10-21(31,22(24,25)26)18(14-8-11(23)9-16(29)17(14)20)28-15-5-3-4-13-12(15)6-7-27-19(13)30/h3-9,18,28-29,31H,10H2,1-2H3,(H,27,30). The van der Waals surface area contributed by atoms with Gasteiger partial charge >= 0.3 is 6.18 Å². The fourth-order valence-electron chi connectivity index (χ4n) is 4.66. The number of phenolic OH excluding ortho intramolecular Hbond substituents is 1. The van der Waals surface area contributed by atoms with E-state index in [0.29, 0.717) is 5.39 Å². The summed E-state index contributed by atoms with van der Waals surface area (Å²) < 4.78 is 56.8. The average molecular weight is 436 g/mol. The maximum absolute atomic E-state index is 14.2. The third kappa shape index (κ3) is 3.23. The second-order valence-corrected chi connectivity index (χ2v) is 8.52. The summed E-state index contributed by atoms with van der Waals surface area (Å²) in [4.78, 5) is 14.6. The van der Waals surface area contributed by atoms with Crippen molar-refractivity contribution in [1.29, 1.82) is 0 Å². The molecule has 2 aromatic carbocycles. The molecule has 2 unspecified atom stereocenters. The normalized spacial score (nSPS) is 22.9. The summed E-state index contributed by atoms with van der Waals surface area (Å²) in [6, 6.07) is 5.89. The Balaban J connectivity index is 1.99. The molecule has 9 heteroatoms. The third-order valence-corrected chi connectivity index (χ3v) is 5.90. The van der Waals surface area contributed by atoms with E-state index in [1.807, 2.05) is 0 Å². The quantitative estimate of drug-likeness (QED) is 0.446. The molecule has 4 rings (SSSR count). The minimum absolute atomic E-state index is 0.124. The fraction of sp³-hybridized carbons (Fsp3) is 0.318. The van der Waals surface area contributed by atoms with Crippen LogP contribution in [-0.4, -0.2) is 27.0 Å². The van der Waals surface area contributed by atoms with Crippen LogP contribution in [0.25, 0.3) is 10.8 Å². The molecule has 2 atom stereocenters. The summed E-state index contributed by atoms with van der Waals surface area (Å²) >= 11 is 0. The Hall–Kier alpha value is -3.07. The highest BCUT2D eigenvalue weighted by Crippen LogP contribution is 2.56. The molecular formula is C22H20F4N2O3. The van der Waals surface area contributed by atoms with E-state index in [9.17, 15) is 32.6 Å². The number of fused-ring (bicyclic) bond motifs is 2. The molecular weight excluding hydrogens is 416 g/mol. The Morgan fingerprint density at radius 2 is 1.87 bits per heavy atom. The summed E-state index contributed by atoms with van der Waals surface area (Å²) in [6.07, 6.45) is -4.47. The van der Waals surface area contributed by atoms with Gasteiger partial charge in [0, 0.05) is 34.3 Å². The highest BCUT2D eigenvalue weighted by Gasteiger charge is 2.64. The first-order chi connectivity index (χ1) is 14.3. The lowest BCUT2D eigenvalue weighted by atomic mass is 9.63. The number of anilines is 1. The van der Waals surface area contributed by atoms with Gasteiger partial charge in [-0.3, -0.25) is 4.79 Å². The van der Waals surface area contributed by atoms with Gasteiger partial charge in [0.1, 0.15) is 11.6 Å². The number of nitrogens with one attached hydrogen (secondary N) is 2. The predicted octanol–water partition coefficient (Wildman–Crippen LogP) is 4.50. The lowest BCUT2D eigenvalue weighted by molar-refractivity contribution is -0.276. The number of hydrogen-bond donors (Lipinski definition) is 4.